The van der Waals surface area contributed by atoms with E-state index in [4.69, 9.17) is 16.5 Å². The molecule has 73 heavy (non-hydrogen) atoms. The summed E-state index contributed by atoms with van der Waals surface area (Å²) < 4.78 is 16.6. The highest BCUT2D eigenvalue weighted by molar-refractivity contribution is 5.95. The van der Waals surface area contributed by atoms with Crippen LogP contribution in [0.4, 0.5) is 4.39 Å². The first-order valence-electron chi connectivity index (χ1n) is 28.1. The molecule has 400 valence electrons. The molecule has 11 heteroatoms. The van der Waals surface area contributed by atoms with Crippen LogP contribution >= 0.6 is 0 Å². The molecule has 1 saturated heterocycles. The minimum Gasteiger partial charge on any atom is -0.401 e. The van der Waals surface area contributed by atoms with Gasteiger partial charge < -0.3 is 26.3 Å². The smallest absolute Gasteiger partial charge is 0.221 e. The van der Waals surface area contributed by atoms with Gasteiger partial charge in [0.2, 0.25) is 6.41 Å². The lowest BCUT2D eigenvalue weighted by Crippen LogP contribution is -2.43. The summed E-state index contributed by atoms with van der Waals surface area (Å²) in [5.41, 5.74) is 29.9. The summed E-state index contributed by atoms with van der Waals surface area (Å²) >= 11 is 0. The SMILES string of the molecule is C=C(C)CCC(C)(C)Cc1c(-c2cccnc2C(C)N)n(CC)c2ccc(-c3cc(CF)cc(CCCCCCNNC=O)c3)cc12.C=C(N)C(C1CCCC1)N1CCC(CN(CC)C(=C)NC(C)C2CC2)C1. The summed E-state index contributed by atoms with van der Waals surface area (Å²) in [4.78, 5) is 20.2. The zero-order chi connectivity index (χ0) is 52.7. The number of aromatic nitrogens is 2. The molecule has 7 N–H and O–H groups in total. The van der Waals surface area contributed by atoms with Gasteiger partial charge in [-0.05, 0) is 193 Å². The molecule has 2 saturated carbocycles. The number of benzene rings is 2. The first-order valence-corrected chi connectivity index (χ1v) is 28.1. The maximum atomic E-state index is 14.2. The van der Waals surface area contributed by atoms with Crippen molar-refractivity contribution in [2.45, 2.75) is 176 Å². The summed E-state index contributed by atoms with van der Waals surface area (Å²) in [6, 6.07) is 17.9. The Morgan fingerprint density at radius 1 is 0.959 bits per heavy atom. The minimum absolute atomic E-state index is 0.0373. The monoisotopic (exact) mass is 1000 g/mol. The van der Waals surface area contributed by atoms with Gasteiger partial charge >= 0.3 is 0 Å². The molecule has 2 aliphatic carbocycles. The highest BCUT2D eigenvalue weighted by atomic mass is 19.1. The number of allylic oxidation sites excluding steroid dienone is 1. The fourth-order valence-electron chi connectivity index (χ4n) is 11.9. The standard InChI is InChI=1S/C40H54FN5O.C22H40N4/c1-7-46-37-16-15-32(33-22-30(21-31(23-33)26-41)13-10-8-9-11-20-44-45-27-47)24-35(37)36(25-40(5,6)18-17-28(2)3)39(46)34-14-12-19-43-38(34)29(4)42;1-5-25(18(4)24-17(3)20-10-11-20)14-19-12-13-26(15-19)22(16(2)23)21-8-6-7-9-21/h12,14-16,19,21-24,27,29,44H,2,7-11,13,17-18,20,25-26,42H2,1,3-6H3,(H,45,47);17,19-22,24H,2,4-15,23H2,1,3H3. The maximum Gasteiger partial charge on any atom is 0.221 e. The van der Waals surface area contributed by atoms with E-state index >= 15 is 0 Å². The third-order valence-corrected chi connectivity index (χ3v) is 16.0. The molecule has 4 unspecified atom stereocenters. The van der Waals surface area contributed by atoms with Crippen LogP contribution in [0.3, 0.4) is 0 Å². The van der Waals surface area contributed by atoms with E-state index in [2.05, 4.69) is 122 Å². The third kappa shape index (κ3) is 16.0. The average Bonchev–Trinajstić information content (AvgIpc) is 3.76. The van der Waals surface area contributed by atoms with Crippen LogP contribution in [-0.2, 0) is 30.9 Å². The summed E-state index contributed by atoms with van der Waals surface area (Å²) in [5.74, 6) is 3.40. The van der Waals surface area contributed by atoms with Crippen LogP contribution in [0.1, 0.15) is 160 Å². The van der Waals surface area contributed by atoms with Crippen molar-refractivity contribution < 1.29 is 9.18 Å². The number of halogens is 1. The Balaban J connectivity index is 0.000000281. The van der Waals surface area contributed by atoms with E-state index in [9.17, 15) is 9.18 Å². The Bertz CT molecular complexity index is 2430. The number of carbonyl (C=O) groups is 1. The van der Waals surface area contributed by atoms with Crippen LogP contribution in [0.15, 0.2) is 91.6 Å². The van der Waals surface area contributed by atoms with Crippen molar-refractivity contribution in [1.82, 2.24) is 35.5 Å². The van der Waals surface area contributed by atoms with Crippen molar-refractivity contribution in [2.24, 2.45) is 34.6 Å². The number of hydrogen-bond donors (Lipinski definition) is 5. The number of carbonyl (C=O) groups excluding carboxylic acids is 1. The number of hydrazine groups is 1. The Morgan fingerprint density at radius 2 is 1.70 bits per heavy atom. The second-order valence-corrected chi connectivity index (χ2v) is 22.8. The van der Waals surface area contributed by atoms with Gasteiger partial charge in [0.25, 0.3) is 0 Å². The predicted octanol–water partition coefficient (Wildman–Crippen LogP) is 12.7. The van der Waals surface area contributed by atoms with Crippen molar-refractivity contribution in [1.29, 1.82) is 0 Å². The number of alkyl halides is 1. The molecule has 3 heterocycles. The van der Waals surface area contributed by atoms with Crippen molar-refractivity contribution in [3.63, 3.8) is 0 Å². The van der Waals surface area contributed by atoms with Gasteiger partial charge in [0, 0.05) is 73.2 Å². The molecule has 7 rings (SSSR count). The van der Waals surface area contributed by atoms with Crippen LogP contribution in [0, 0.1) is 23.2 Å². The molecule has 10 nitrogen and oxygen atoms in total. The highest BCUT2D eigenvalue weighted by Gasteiger charge is 2.36. The first kappa shape index (κ1) is 57.3. The molecular weight excluding hydrogens is 906 g/mol. The summed E-state index contributed by atoms with van der Waals surface area (Å²) in [6.45, 7) is 33.7. The average molecular weight is 1000 g/mol. The number of aryl methyl sites for hydroxylation is 2. The van der Waals surface area contributed by atoms with E-state index in [1.807, 2.05) is 31.3 Å². The fraction of sp³-hybridized carbons (Fsp3) is 0.581. The van der Waals surface area contributed by atoms with E-state index in [-0.39, 0.29) is 11.5 Å². The summed E-state index contributed by atoms with van der Waals surface area (Å²) in [5, 5.41) is 4.88. The van der Waals surface area contributed by atoms with Crippen molar-refractivity contribution in [2.75, 3.05) is 32.7 Å². The number of unbranched alkanes of at least 4 members (excludes halogenated alkanes) is 3. The van der Waals surface area contributed by atoms with Crippen molar-refractivity contribution >= 4 is 17.3 Å². The quantitative estimate of drug-likeness (QED) is 0.0157. The Morgan fingerprint density at radius 3 is 2.36 bits per heavy atom. The largest absolute Gasteiger partial charge is 0.401 e. The molecule has 3 aliphatic rings. The molecule has 0 radical (unpaired) electrons. The van der Waals surface area contributed by atoms with Crippen LogP contribution in [0.5, 0.6) is 0 Å². The number of likely N-dealkylation sites (tertiary alicyclic amines) is 1. The number of hydrogen-bond acceptors (Lipinski definition) is 8. The van der Waals surface area contributed by atoms with E-state index < -0.39 is 6.67 Å². The Hall–Kier alpha value is -4.97. The lowest BCUT2D eigenvalue weighted by Gasteiger charge is -2.34. The van der Waals surface area contributed by atoms with Crippen LogP contribution < -0.4 is 27.6 Å². The van der Waals surface area contributed by atoms with Crippen LogP contribution in [-0.4, -0.2) is 70.6 Å². The minimum atomic E-state index is -0.488. The van der Waals surface area contributed by atoms with Crippen molar-refractivity contribution in [3.05, 3.63) is 114 Å². The molecule has 2 aromatic heterocycles. The maximum absolute atomic E-state index is 14.2. The lowest BCUT2D eigenvalue weighted by atomic mass is 9.79. The second kappa shape index (κ2) is 27.5. The molecule has 2 aromatic carbocycles. The number of nitrogens with two attached hydrogens (primary N) is 2. The van der Waals surface area contributed by atoms with E-state index in [1.165, 1.54) is 78.2 Å². The molecular formula is C62H94FN9O. The van der Waals surface area contributed by atoms with E-state index in [1.54, 1.807) is 0 Å². The van der Waals surface area contributed by atoms with Gasteiger partial charge in [-0.15, -0.1) is 6.58 Å². The molecule has 4 aromatic rings. The van der Waals surface area contributed by atoms with Gasteiger partial charge in [-0.3, -0.25) is 20.1 Å². The van der Waals surface area contributed by atoms with Gasteiger partial charge in [0.1, 0.15) is 6.67 Å². The molecule has 0 bridgehead atoms. The van der Waals surface area contributed by atoms with E-state index in [0.29, 0.717) is 30.0 Å². The number of nitrogens with one attached hydrogen (secondary N) is 3. The number of pyridine rings is 1. The van der Waals surface area contributed by atoms with Crippen LogP contribution in [0.2, 0.25) is 0 Å². The van der Waals surface area contributed by atoms with E-state index in [0.717, 1.165) is 136 Å². The number of fused-ring (bicyclic) bond motifs is 1. The molecule has 1 aliphatic heterocycles. The number of amides is 1. The number of nitrogens with zero attached hydrogens (tertiary/aromatic N) is 4. The first-order chi connectivity index (χ1) is 35.1. The molecule has 1 amide bonds. The Labute approximate surface area is 440 Å². The predicted molar refractivity (Wildman–Crippen MR) is 305 cm³/mol. The highest BCUT2D eigenvalue weighted by Crippen LogP contribution is 2.43. The third-order valence-electron chi connectivity index (χ3n) is 16.0. The summed E-state index contributed by atoms with van der Waals surface area (Å²) in [7, 11) is 0. The van der Waals surface area contributed by atoms with Gasteiger partial charge in [-0.1, -0.05) is 76.5 Å². The Kier molecular flexibility index (Phi) is 21.6. The van der Waals surface area contributed by atoms with Gasteiger partial charge in [-0.25, -0.2) is 9.82 Å². The molecule has 4 atom stereocenters. The van der Waals surface area contributed by atoms with Gasteiger partial charge in [0.05, 0.1) is 23.3 Å². The summed E-state index contributed by atoms with van der Waals surface area (Å²) in [6.07, 6.45) is 19.9. The zero-order valence-corrected chi connectivity index (χ0v) is 46.1. The topological polar surface area (TPSA) is 129 Å². The van der Waals surface area contributed by atoms with Crippen molar-refractivity contribution in [3.8, 4) is 22.4 Å². The molecule has 3 fully saturated rings. The van der Waals surface area contributed by atoms with Gasteiger partial charge in [-0.2, -0.15) is 0 Å². The zero-order valence-electron chi connectivity index (χ0n) is 46.1. The normalized spacial score (nSPS) is 17.5. The number of rotatable bonds is 29. The second-order valence-electron chi connectivity index (χ2n) is 22.8. The molecule has 0 spiro atoms. The van der Waals surface area contributed by atoms with Crippen LogP contribution in [0.25, 0.3) is 33.3 Å². The van der Waals surface area contributed by atoms with Gasteiger partial charge in [0.15, 0.2) is 0 Å². The fourth-order valence-corrected chi connectivity index (χ4v) is 11.9. The lowest BCUT2D eigenvalue weighted by molar-refractivity contribution is -0.110.